The highest BCUT2D eigenvalue weighted by Crippen LogP contribution is 2.01. The van der Waals surface area contributed by atoms with Crippen LogP contribution in [0.2, 0.25) is 0 Å². The highest BCUT2D eigenvalue weighted by Gasteiger charge is 2.02. The van der Waals surface area contributed by atoms with Crippen molar-refractivity contribution < 1.29 is 10.4 Å². The van der Waals surface area contributed by atoms with E-state index in [1.54, 1.807) is 12.1 Å². The van der Waals surface area contributed by atoms with Crippen molar-refractivity contribution in [3.63, 3.8) is 0 Å². The molecule has 13 heavy (non-hydrogen) atoms. The van der Waals surface area contributed by atoms with E-state index in [2.05, 4.69) is 5.16 Å². The first-order valence-corrected chi connectivity index (χ1v) is 4.35. The molecule has 0 bridgehead atoms. The molecule has 0 aliphatic carbocycles. The fraction of sp³-hybridized carbons (Fsp3) is 0.444. The molecule has 0 aromatic carbocycles. The molecular weight excluding hydrogens is 168 g/mol. The molecule has 0 saturated carbocycles. The fourth-order valence-electron chi connectivity index (χ4n) is 1.25. The zero-order valence-electron chi connectivity index (χ0n) is 7.86. The van der Waals surface area contributed by atoms with Crippen LogP contribution in [0.5, 0.6) is 0 Å². The molecule has 0 atom stereocenters. The Morgan fingerprint density at radius 2 is 1.69 bits per heavy atom. The van der Waals surface area contributed by atoms with Crippen molar-refractivity contribution >= 4 is 0 Å². The average Bonchev–Trinajstić information content (AvgIpc) is 2.18. The third-order valence-electron chi connectivity index (χ3n) is 2.01. The quantitative estimate of drug-likeness (QED) is 0.409. The molecule has 1 rings (SSSR count). The van der Waals surface area contributed by atoms with Gasteiger partial charge in [-0.25, -0.2) is 0 Å². The third-order valence-corrected chi connectivity index (χ3v) is 2.01. The Labute approximate surface area is 76.7 Å². The van der Waals surface area contributed by atoms with Crippen molar-refractivity contribution in [3.05, 3.63) is 28.9 Å². The molecule has 0 spiro atoms. The average molecular weight is 182 g/mol. The van der Waals surface area contributed by atoms with Gasteiger partial charge in [0, 0.05) is 0 Å². The molecule has 2 N–H and O–H groups in total. The van der Waals surface area contributed by atoms with E-state index in [1.165, 1.54) is 0 Å². The van der Waals surface area contributed by atoms with Gasteiger partial charge in [-0.15, -0.1) is 0 Å². The van der Waals surface area contributed by atoms with Crippen LogP contribution < -0.4 is 5.36 Å². The van der Waals surface area contributed by atoms with E-state index in [4.69, 9.17) is 5.21 Å². The van der Waals surface area contributed by atoms with Crippen LogP contribution in [0.25, 0.3) is 0 Å². The number of pyridine rings is 1. The molecule has 0 amide bonds. The highest BCUT2D eigenvalue weighted by atomic mass is 16.5. The van der Waals surface area contributed by atoms with Crippen LogP contribution in [0, 0.1) is 0 Å². The molecule has 0 unspecified atom stereocenters. The SMILES string of the molecule is CCc1cc(=NO)cc(CC)n1O. The Balaban J connectivity index is 3.38. The number of hydrogen-bond donors (Lipinski definition) is 2. The van der Waals surface area contributed by atoms with Crippen LogP contribution in [0.1, 0.15) is 25.2 Å². The summed E-state index contributed by atoms with van der Waals surface area (Å²) in [6.07, 6.45) is 1.40. The van der Waals surface area contributed by atoms with E-state index < -0.39 is 0 Å². The van der Waals surface area contributed by atoms with Crippen LogP contribution in [0.4, 0.5) is 0 Å². The first-order valence-electron chi connectivity index (χ1n) is 4.35. The molecule has 1 aromatic heterocycles. The van der Waals surface area contributed by atoms with E-state index in [0.717, 1.165) is 16.1 Å². The van der Waals surface area contributed by atoms with E-state index in [1.807, 2.05) is 13.8 Å². The van der Waals surface area contributed by atoms with E-state index in [0.29, 0.717) is 18.2 Å². The van der Waals surface area contributed by atoms with Gasteiger partial charge in [-0.05, 0) is 25.0 Å². The fourth-order valence-corrected chi connectivity index (χ4v) is 1.25. The summed E-state index contributed by atoms with van der Waals surface area (Å²) in [7, 11) is 0. The van der Waals surface area contributed by atoms with Crippen molar-refractivity contribution in [1.29, 1.82) is 0 Å². The summed E-state index contributed by atoms with van der Waals surface area (Å²) >= 11 is 0. The largest absolute Gasteiger partial charge is 0.428 e. The smallest absolute Gasteiger partial charge is 0.106 e. The third kappa shape index (κ3) is 1.83. The Hall–Kier alpha value is -1.45. The van der Waals surface area contributed by atoms with Gasteiger partial charge >= 0.3 is 0 Å². The topological polar surface area (TPSA) is 57.8 Å². The number of rotatable bonds is 2. The summed E-state index contributed by atoms with van der Waals surface area (Å²) in [4.78, 5) is 0. The summed E-state index contributed by atoms with van der Waals surface area (Å²) in [5, 5.41) is 21.8. The van der Waals surface area contributed by atoms with Crippen molar-refractivity contribution in [1.82, 2.24) is 4.73 Å². The van der Waals surface area contributed by atoms with E-state index in [-0.39, 0.29) is 0 Å². The summed E-state index contributed by atoms with van der Waals surface area (Å²) in [5.41, 5.74) is 1.49. The lowest BCUT2D eigenvalue weighted by Crippen LogP contribution is -2.15. The summed E-state index contributed by atoms with van der Waals surface area (Å²) in [5.74, 6) is 0. The van der Waals surface area contributed by atoms with Gasteiger partial charge in [-0.3, -0.25) is 0 Å². The van der Waals surface area contributed by atoms with Crippen LogP contribution in [-0.2, 0) is 12.8 Å². The summed E-state index contributed by atoms with van der Waals surface area (Å²) < 4.78 is 1.15. The number of aryl methyl sites for hydroxylation is 2. The van der Waals surface area contributed by atoms with Crippen LogP contribution in [0.3, 0.4) is 0 Å². The van der Waals surface area contributed by atoms with E-state index >= 15 is 0 Å². The lowest BCUT2D eigenvalue weighted by Gasteiger charge is -2.09. The first kappa shape index (κ1) is 9.64. The lowest BCUT2D eigenvalue weighted by molar-refractivity contribution is 0.165. The normalized spacial score (nSPS) is 10.0. The second-order valence-corrected chi connectivity index (χ2v) is 2.82. The van der Waals surface area contributed by atoms with E-state index in [9.17, 15) is 5.21 Å². The monoisotopic (exact) mass is 182 g/mol. The lowest BCUT2D eigenvalue weighted by atomic mass is 10.2. The van der Waals surface area contributed by atoms with Gasteiger partial charge in [0.05, 0.1) is 11.4 Å². The minimum absolute atomic E-state index is 0.485. The highest BCUT2D eigenvalue weighted by molar-refractivity contribution is 5.12. The number of hydrogen-bond acceptors (Lipinski definition) is 3. The molecule has 4 nitrogen and oxygen atoms in total. The second-order valence-electron chi connectivity index (χ2n) is 2.82. The van der Waals surface area contributed by atoms with Gasteiger partial charge in [0.2, 0.25) is 0 Å². The Morgan fingerprint density at radius 3 is 2.00 bits per heavy atom. The molecular formula is C9H14N2O2. The van der Waals surface area contributed by atoms with Crippen molar-refractivity contribution in [2.24, 2.45) is 5.16 Å². The second kappa shape index (κ2) is 3.98. The van der Waals surface area contributed by atoms with Gasteiger partial charge in [-0.2, -0.15) is 4.73 Å². The standard InChI is InChI=1S/C9H14N2O2/c1-3-8-5-7(10-12)6-9(4-2)11(8)13/h5-6,12-13H,3-4H2,1-2H3. The maximum atomic E-state index is 9.60. The minimum Gasteiger partial charge on any atom is -0.428 e. The first-order chi connectivity index (χ1) is 6.22. The summed E-state index contributed by atoms with van der Waals surface area (Å²) in [6.45, 7) is 3.87. The Morgan fingerprint density at radius 1 is 1.23 bits per heavy atom. The maximum Gasteiger partial charge on any atom is 0.106 e. The molecule has 72 valence electrons. The van der Waals surface area contributed by atoms with Crippen molar-refractivity contribution in [3.8, 4) is 0 Å². The zero-order chi connectivity index (χ0) is 9.84. The Kier molecular flexibility index (Phi) is 2.95. The predicted molar refractivity (Wildman–Crippen MR) is 47.7 cm³/mol. The zero-order valence-corrected chi connectivity index (χ0v) is 7.86. The van der Waals surface area contributed by atoms with Gasteiger partial charge in [-0.1, -0.05) is 19.0 Å². The number of nitrogens with zero attached hydrogens (tertiary/aromatic N) is 2. The van der Waals surface area contributed by atoms with Crippen LogP contribution in [0.15, 0.2) is 17.3 Å². The number of aromatic nitrogens is 1. The van der Waals surface area contributed by atoms with Crippen molar-refractivity contribution in [2.45, 2.75) is 26.7 Å². The van der Waals surface area contributed by atoms with Gasteiger partial charge < -0.3 is 10.4 Å². The molecule has 4 heteroatoms. The molecule has 0 aliphatic heterocycles. The molecule has 0 saturated heterocycles. The molecule has 0 fully saturated rings. The summed E-state index contributed by atoms with van der Waals surface area (Å²) in [6, 6.07) is 3.30. The molecule has 1 heterocycles. The maximum absolute atomic E-state index is 9.60. The van der Waals surface area contributed by atoms with Gasteiger partial charge in [0.25, 0.3) is 0 Å². The predicted octanol–water partition coefficient (Wildman–Crippen LogP) is 1.14. The van der Waals surface area contributed by atoms with Crippen molar-refractivity contribution in [2.75, 3.05) is 0 Å². The Bertz CT molecular complexity index is 327. The molecule has 0 radical (unpaired) electrons. The van der Waals surface area contributed by atoms with Crippen LogP contribution in [-0.4, -0.2) is 15.1 Å². The molecule has 0 aliphatic rings. The van der Waals surface area contributed by atoms with Crippen LogP contribution >= 0.6 is 0 Å². The van der Waals surface area contributed by atoms with Gasteiger partial charge in [0.1, 0.15) is 5.36 Å². The minimum atomic E-state index is 0.485. The van der Waals surface area contributed by atoms with Gasteiger partial charge in [0.15, 0.2) is 0 Å². The molecule has 1 aromatic rings.